The molecular weight excluding hydrogens is 437 g/mol. The van der Waals surface area contributed by atoms with Gasteiger partial charge < -0.3 is 9.73 Å². The number of nitrogens with one attached hydrogen (secondary N) is 1. The molecule has 0 saturated carbocycles. The molecule has 0 aliphatic heterocycles. The maximum absolute atomic E-state index is 13.1. The number of alkyl halides is 3. The fourth-order valence-corrected chi connectivity index (χ4v) is 3.01. The van der Waals surface area contributed by atoms with Crippen molar-refractivity contribution in [1.29, 1.82) is 0 Å². The number of nitro groups is 1. The van der Waals surface area contributed by atoms with Crippen molar-refractivity contribution in [1.82, 2.24) is 15.3 Å². The van der Waals surface area contributed by atoms with Crippen molar-refractivity contribution < 1.29 is 27.3 Å². The van der Waals surface area contributed by atoms with Gasteiger partial charge in [-0.2, -0.15) is 13.2 Å². The Morgan fingerprint density at radius 1 is 1.26 bits per heavy atom. The van der Waals surface area contributed by atoms with Crippen LogP contribution in [0.5, 0.6) is 0 Å². The first-order valence-corrected chi connectivity index (χ1v) is 10.1. The van der Waals surface area contributed by atoms with E-state index in [0.29, 0.717) is 17.9 Å². The van der Waals surface area contributed by atoms with Crippen LogP contribution >= 0.6 is 11.8 Å². The van der Waals surface area contributed by atoms with E-state index in [1.807, 2.05) is 0 Å². The number of carbonyl (C=O) groups excluding carboxylic acids is 1. The lowest BCUT2D eigenvalue weighted by Gasteiger charge is -2.19. The van der Waals surface area contributed by atoms with Gasteiger partial charge in [0.2, 0.25) is 5.91 Å². The topological polar surface area (TPSA) is 111 Å². The van der Waals surface area contributed by atoms with Gasteiger partial charge in [0.25, 0.3) is 0 Å². The van der Waals surface area contributed by atoms with E-state index in [9.17, 15) is 28.1 Å². The van der Waals surface area contributed by atoms with Crippen molar-refractivity contribution in [2.45, 2.75) is 43.9 Å². The first kappa shape index (κ1) is 24.4. The SMILES string of the molecule is CC(C)(C)c1cc(C(F)(F)F)nc(SCCCNC(=O)C=Cc2ccc([N+](=O)[O-])o2)n1. The van der Waals surface area contributed by atoms with Crippen molar-refractivity contribution in [2.75, 3.05) is 12.3 Å². The van der Waals surface area contributed by atoms with Crippen molar-refractivity contribution in [3.8, 4) is 0 Å². The molecule has 0 radical (unpaired) electrons. The van der Waals surface area contributed by atoms with Crippen LogP contribution in [-0.4, -0.2) is 33.1 Å². The van der Waals surface area contributed by atoms with Gasteiger partial charge in [0.15, 0.2) is 5.16 Å². The molecule has 2 rings (SSSR count). The summed E-state index contributed by atoms with van der Waals surface area (Å²) in [5.41, 5.74) is -1.24. The molecule has 0 spiro atoms. The van der Waals surface area contributed by atoms with Crippen LogP contribution in [0.15, 0.2) is 33.8 Å². The van der Waals surface area contributed by atoms with Gasteiger partial charge in [0.05, 0.1) is 11.8 Å². The van der Waals surface area contributed by atoms with Crippen LogP contribution < -0.4 is 5.32 Å². The number of carbonyl (C=O) groups is 1. The lowest BCUT2D eigenvalue weighted by molar-refractivity contribution is -0.402. The highest BCUT2D eigenvalue weighted by atomic mass is 32.2. The van der Waals surface area contributed by atoms with Gasteiger partial charge in [-0.25, -0.2) is 9.97 Å². The predicted molar refractivity (Wildman–Crippen MR) is 108 cm³/mol. The van der Waals surface area contributed by atoms with Gasteiger partial charge in [-0.1, -0.05) is 32.5 Å². The number of amides is 1. The number of halogens is 3. The van der Waals surface area contributed by atoms with E-state index in [1.54, 1.807) is 20.8 Å². The summed E-state index contributed by atoms with van der Waals surface area (Å²) in [5.74, 6) is -0.300. The third-order valence-electron chi connectivity index (χ3n) is 3.81. The smallest absolute Gasteiger partial charge is 0.401 e. The Hall–Kier alpha value is -2.89. The number of nitrogens with zero attached hydrogens (tertiary/aromatic N) is 3. The van der Waals surface area contributed by atoms with Crippen LogP contribution in [0.2, 0.25) is 0 Å². The highest BCUT2D eigenvalue weighted by Crippen LogP contribution is 2.32. The molecule has 0 bridgehead atoms. The largest absolute Gasteiger partial charge is 0.433 e. The number of thioether (sulfide) groups is 1. The van der Waals surface area contributed by atoms with Gasteiger partial charge >= 0.3 is 12.1 Å². The Morgan fingerprint density at radius 3 is 2.52 bits per heavy atom. The summed E-state index contributed by atoms with van der Waals surface area (Å²) < 4.78 is 44.2. The number of rotatable bonds is 8. The van der Waals surface area contributed by atoms with Crippen LogP contribution in [0, 0.1) is 10.1 Å². The lowest BCUT2D eigenvalue weighted by Crippen LogP contribution is -2.22. The average Bonchev–Trinajstić information content (AvgIpc) is 3.14. The van der Waals surface area contributed by atoms with Gasteiger partial charge in [0.1, 0.15) is 16.4 Å². The molecule has 0 saturated heterocycles. The number of hydrogen-bond acceptors (Lipinski definition) is 7. The molecule has 0 fully saturated rings. The van der Waals surface area contributed by atoms with E-state index in [1.165, 1.54) is 24.3 Å². The van der Waals surface area contributed by atoms with Gasteiger partial charge in [0, 0.05) is 23.8 Å². The van der Waals surface area contributed by atoms with Crippen LogP contribution in [0.25, 0.3) is 6.08 Å². The summed E-state index contributed by atoms with van der Waals surface area (Å²) >= 11 is 1.08. The van der Waals surface area contributed by atoms with E-state index in [4.69, 9.17) is 4.42 Å². The summed E-state index contributed by atoms with van der Waals surface area (Å²) in [6.45, 7) is 5.59. The molecule has 0 atom stereocenters. The van der Waals surface area contributed by atoms with Crippen molar-refractivity contribution >= 4 is 29.6 Å². The molecule has 2 heterocycles. The highest BCUT2D eigenvalue weighted by molar-refractivity contribution is 7.99. The molecule has 12 heteroatoms. The van der Waals surface area contributed by atoms with E-state index in [0.717, 1.165) is 17.8 Å². The minimum absolute atomic E-state index is 0.0328. The Bertz CT molecular complexity index is 936. The fraction of sp³-hybridized carbons (Fsp3) is 0.421. The number of hydrogen-bond donors (Lipinski definition) is 1. The van der Waals surface area contributed by atoms with Crippen LogP contribution in [0.1, 0.15) is 44.3 Å². The zero-order valence-corrected chi connectivity index (χ0v) is 17.8. The summed E-state index contributed by atoms with van der Waals surface area (Å²) in [4.78, 5) is 29.4. The first-order chi connectivity index (χ1) is 14.4. The van der Waals surface area contributed by atoms with Gasteiger partial charge in [-0.15, -0.1) is 0 Å². The molecule has 1 N–H and O–H groups in total. The number of furan rings is 1. The maximum atomic E-state index is 13.1. The van der Waals surface area contributed by atoms with E-state index in [-0.39, 0.29) is 17.5 Å². The molecule has 0 unspecified atom stereocenters. The Labute approximate surface area is 180 Å². The molecular formula is C19H21F3N4O4S. The molecule has 2 aromatic heterocycles. The molecule has 0 aliphatic carbocycles. The third kappa shape index (κ3) is 7.70. The highest BCUT2D eigenvalue weighted by Gasteiger charge is 2.34. The van der Waals surface area contributed by atoms with Gasteiger partial charge in [-0.3, -0.25) is 14.9 Å². The zero-order valence-electron chi connectivity index (χ0n) is 17.0. The minimum atomic E-state index is -4.56. The molecule has 2 aromatic rings. The fourth-order valence-electron chi connectivity index (χ4n) is 2.21. The standard InChI is InChI=1S/C19H21F3N4O4S/c1-18(2,3)13-11-14(19(20,21)22)25-17(24-13)31-10-4-9-23-15(27)7-5-12-6-8-16(30-12)26(28)29/h5-8,11H,4,9-10H2,1-3H3,(H,23,27). The summed E-state index contributed by atoms with van der Waals surface area (Å²) in [6, 6.07) is 3.50. The zero-order chi connectivity index (χ0) is 23.2. The summed E-state index contributed by atoms with van der Waals surface area (Å²) in [5, 5.41) is 13.2. The van der Waals surface area contributed by atoms with Crippen molar-refractivity contribution in [3.05, 3.63) is 51.5 Å². The third-order valence-corrected chi connectivity index (χ3v) is 4.74. The molecule has 31 heavy (non-hydrogen) atoms. The molecule has 8 nitrogen and oxygen atoms in total. The van der Waals surface area contributed by atoms with Crippen LogP contribution in [0.4, 0.5) is 19.1 Å². The maximum Gasteiger partial charge on any atom is 0.433 e. The first-order valence-electron chi connectivity index (χ1n) is 9.16. The summed E-state index contributed by atoms with van der Waals surface area (Å²) in [7, 11) is 0. The monoisotopic (exact) mass is 458 g/mol. The van der Waals surface area contributed by atoms with E-state index in [2.05, 4.69) is 15.3 Å². The van der Waals surface area contributed by atoms with E-state index >= 15 is 0 Å². The predicted octanol–water partition coefficient (Wildman–Crippen LogP) is 4.61. The second-order valence-electron chi connectivity index (χ2n) is 7.43. The minimum Gasteiger partial charge on any atom is -0.401 e. The quantitative estimate of drug-likeness (QED) is 0.154. The Morgan fingerprint density at radius 2 is 1.94 bits per heavy atom. The molecule has 1 amide bonds. The lowest BCUT2D eigenvalue weighted by atomic mass is 9.91. The summed E-state index contributed by atoms with van der Waals surface area (Å²) in [6.07, 6.45) is -1.63. The molecule has 0 aromatic carbocycles. The average molecular weight is 458 g/mol. The normalized spacial score (nSPS) is 12.3. The van der Waals surface area contributed by atoms with Crippen molar-refractivity contribution in [3.63, 3.8) is 0 Å². The van der Waals surface area contributed by atoms with Crippen LogP contribution in [0.3, 0.4) is 0 Å². The second-order valence-corrected chi connectivity index (χ2v) is 8.49. The van der Waals surface area contributed by atoms with Crippen molar-refractivity contribution in [2.24, 2.45) is 0 Å². The molecule has 168 valence electrons. The number of aromatic nitrogens is 2. The van der Waals surface area contributed by atoms with Gasteiger partial charge in [-0.05, 0) is 24.6 Å². The Kier molecular flexibility index (Phi) is 7.82. The van der Waals surface area contributed by atoms with E-state index < -0.39 is 34.0 Å². The van der Waals surface area contributed by atoms with Crippen LogP contribution in [-0.2, 0) is 16.4 Å². The molecule has 0 aliphatic rings. The Balaban J connectivity index is 1.84. The second kappa shape index (κ2) is 9.94.